The van der Waals surface area contributed by atoms with Gasteiger partial charge in [0.25, 0.3) is 5.91 Å². The van der Waals surface area contributed by atoms with Gasteiger partial charge in [-0.1, -0.05) is 20.3 Å². The maximum absolute atomic E-state index is 11.9. The topological polar surface area (TPSA) is 73.9 Å². The number of rotatable bonds is 6. The highest BCUT2D eigenvalue weighted by atomic mass is 16.2. The molecule has 1 fully saturated rings. The molecule has 2 N–H and O–H groups in total. The molecule has 0 bridgehead atoms. The predicted octanol–water partition coefficient (Wildman–Crippen LogP) is 1.53. The molecule has 0 atom stereocenters. The van der Waals surface area contributed by atoms with E-state index in [1.807, 2.05) is 13.8 Å². The Kier molecular flexibility index (Phi) is 5.52. The summed E-state index contributed by atoms with van der Waals surface area (Å²) >= 11 is 0. The number of aromatic nitrogens is 3. The van der Waals surface area contributed by atoms with Gasteiger partial charge < -0.3 is 10.2 Å². The molecule has 112 valence electrons. The standard InChI is InChI=1S/C14H25N5O/c1-11(2)12-16-13(18-17-12)14(20)15-7-6-10-19-8-4-3-5-9-19/h11H,3-10H2,1-2H3,(H,15,20)(H,16,17,18). The summed E-state index contributed by atoms with van der Waals surface area (Å²) in [6, 6.07) is 0. The Morgan fingerprint density at radius 3 is 2.75 bits per heavy atom. The van der Waals surface area contributed by atoms with Crippen molar-refractivity contribution in [3.8, 4) is 0 Å². The zero-order chi connectivity index (χ0) is 14.4. The van der Waals surface area contributed by atoms with Crippen LogP contribution in [0.4, 0.5) is 0 Å². The van der Waals surface area contributed by atoms with E-state index in [0.29, 0.717) is 6.54 Å². The van der Waals surface area contributed by atoms with Crippen molar-refractivity contribution < 1.29 is 4.79 Å². The molecule has 1 saturated heterocycles. The zero-order valence-corrected chi connectivity index (χ0v) is 12.5. The molecule has 2 heterocycles. The minimum absolute atomic E-state index is 0.188. The lowest BCUT2D eigenvalue weighted by atomic mass is 10.1. The second kappa shape index (κ2) is 7.38. The first-order valence-electron chi connectivity index (χ1n) is 7.59. The van der Waals surface area contributed by atoms with E-state index in [1.54, 1.807) is 0 Å². The molecule has 0 spiro atoms. The third-order valence-electron chi connectivity index (χ3n) is 3.64. The SMILES string of the molecule is CC(C)c1nc(C(=O)NCCCN2CCCCC2)n[nH]1. The number of nitrogens with one attached hydrogen (secondary N) is 2. The summed E-state index contributed by atoms with van der Waals surface area (Å²) in [6.07, 6.45) is 4.95. The van der Waals surface area contributed by atoms with E-state index in [1.165, 1.54) is 32.4 Å². The predicted molar refractivity (Wildman–Crippen MR) is 77.7 cm³/mol. The molecule has 6 heteroatoms. The number of H-pyrrole nitrogens is 1. The number of carbonyl (C=O) groups is 1. The van der Waals surface area contributed by atoms with E-state index in [-0.39, 0.29) is 17.6 Å². The van der Waals surface area contributed by atoms with Crippen molar-refractivity contribution in [1.29, 1.82) is 0 Å². The lowest BCUT2D eigenvalue weighted by Gasteiger charge is -2.26. The van der Waals surface area contributed by atoms with Crippen LogP contribution in [0.5, 0.6) is 0 Å². The van der Waals surface area contributed by atoms with Gasteiger partial charge in [0.05, 0.1) is 0 Å². The van der Waals surface area contributed by atoms with Crippen molar-refractivity contribution in [2.24, 2.45) is 0 Å². The Balaban J connectivity index is 1.66. The van der Waals surface area contributed by atoms with Crippen LogP contribution in [0.15, 0.2) is 0 Å². The third-order valence-corrected chi connectivity index (χ3v) is 3.64. The van der Waals surface area contributed by atoms with Crippen LogP contribution in [0.2, 0.25) is 0 Å². The average molecular weight is 279 g/mol. The molecule has 0 aromatic carbocycles. The van der Waals surface area contributed by atoms with Crippen molar-refractivity contribution >= 4 is 5.91 Å². The largest absolute Gasteiger partial charge is 0.349 e. The van der Waals surface area contributed by atoms with Gasteiger partial charge in [-0.25, -0.2) is 4.98 Å². The number of likely N-dealkylation sites (tertiary alicyclic amines) is 1. The molecule has 2 rings (SSSR count). The highest BCUT2D eigenvalue weighted by molar-refractivity contribution is 5.90. The monoisotopic (exact) mass is 279 g/mol. The summed E-state index contributed by atoms with van der Waals surface area (Å²) in [5.41, 5.74) is 0. The van der Waals surface area contributed by atoms with Crippen molar-refractivity contribution in [3.05, 3.63) is 11.6 Å². The molecule has 0 unspecified atom stereocenters. The van der Waals surface area contributed by atoms with E-state index in [9.17, 15) is 4.79 Å². The normalized spacial score (nSPS) is 16.6. The Labute approximate surface area is 120 Å². The molecule has 1 aliphatic rings. The van der Waals surface area contributed by atoms with Crippen LogP contribution in [0.1, 0.15) is 61.9 Å². The number of piperidine rings is 1. The molecule has 0 aliphatic carbocycles. The highest BCUT2D eigenvalue weighted by Gasteiger charge is 2.14. The quantitative estimate of drug-likeness (QED) is 0.775. The summed E-state index contributed by atoms with van der Waals surface area (Å²) in [4.78, 5) is 18.5. The first kappa shape index (κ1) is 15.0. The Bertz CT molecular complexity index is 423. The van der Waals surface area contributed by atoms with Gasteiger partial charge in [0.1, 0.15) is 5.82 Å². The Hall–Kier alpha value is -1.43. The van der Waals surface area contributed by atoms with Gasteiger partial charge in [-0.2, -0.15) is 0 Å². The number of nitrogens with zero attached hydrogens (tertiary/aromatic N) is 3. The summed E-state index contributed by atoms with van der Waals surface area (Å²) in [6.45, 7) is 8.17. The second-order valence-corrected chi connectivity index (χ2v) is 5.71. The molecular weight excluding hydrogens is 254 g/mol. The number of aromatic amines is 1. The van der Waals surface area contributed by atoms with Gasteiger partial charge >= 0.3 is 0 Å². The summed E-state index contributed by atoms with van der Waals surface area (Å²) in [7, 11) is 0. The molecule has 1 aliphatic heterocycles. The van der Waals surface area contributed by atoms with E-state index < -0.39 is 0 Å². The molecule has 20 heavy (non-hydrogen) atoms. The van der Waals surface area contributed by atoms with Crippen LogP contribution in [-0.4, -0.2) is 52.2 Å². The van der Waals surface area contributed by atoms with Crippen molar-refractivity contribution in [3.63, 3.8) is 0 Å². The van der Waals surface area contributed by atoms with E-state index >= 15 is 0 Å². The molecule has 1 amide bonds. The highest BCUT2D eigenvalue weighted by Crippen LogP contribution is 2.09. The zero-order valence-electron chi connectivity index (χ0n) is 12.5. The van der Waals surface area contributed by atoms with Crippen LogP contribution in [0.3, 0.4) is 0 Å². The average Bonchev–Trinajstić information content (AvgIpc) is 2.94. The van der Waals surface area contributed by atoms with Gasteiger partial charge in [0, 0.05) is 12.5 Å². The van der Waals surface area contributed by atoms with Gasteiger partial charge in [-0.15, -0.1) is 5.10 Å². The number of hydrogen-bond acceptors (Lipinski definition) is 4. The van der Waals surface area contributed by atoms with E-state index in [0.717, 1.165) is 18.8 Å². The minimum atomic E-state index is -0.188. The first-order chi connectivity index (χ1) is 9.66. The number of hydrogen-bond donors (Lipinski definition) is 2. The Morgan fingerprint density at radius 1 is 1.35 bits per heavy atom. The van der Waals surface area contributed by atoms with E-state index in [4.69, 9.17) is 0 Å². The minimum Gasteiger partial charge on any atom is -0.349 e. The fraction of sp³-hybridized carbons (Fsp3) is 0.786. The van der Waals surface area contributed by atoms with Crippen LogP contribution >= 0.6 is 0 Å². The third kappa shape index (κ3) is 4.30. The molecule has 1 aromatic heterocycles. The lowest BCUT2D eigenvalue weighted by Crippen LogP contribution is -2.33. The molecule has 1 aromatic rings. The van der Waals surface area contributed by atoms with Gasteiger partial charge in [-0.3, -0.25) is 9.89 Å². The second-order valence-electron chi connectivity index (χ2n) is 5.71. The van der Waals surface area contributed by atoms with Gasteiger partial charge in [-0.05, 0) is 38.9 Å². The van der Waals surface area contributed by atoms with Crippen molar-refractivity contribution in [2.75, 3.05) is 26.2 Å². The Morgan fingerprint density at radius 2 is 2.10 bits per heavy atom. The van der Waals surface area contributed by atoms with E-state index in [2.05, 4.69) is 25.4 Å². The first-order valence-corrected chi connectivity index (χ1v) is 7.59. The lowest BCUT2D eigenvalue weighted by molar-refractivity contribution is 0.0941. The number of amides is 1. The number of carbonyl (C=O) groups excluding carboxylic acids is 1. The summed E-state index contributed by atoms with van der Waals surface area (Å²) < 4.78 is 0. The van der Waals surface area contributed by atoms with Crippen LogP contribution in [0.25, 0.3) is 0 Å². The molecule has 0 radical (unpaired) electrons. The van der Waals surface area contributed by atoms with Crippen LogP contribution in [-0.2, 0) is 0 Å². The molecule has 0 saturated carbocycles. The molecular formula is C14H25N5O. The van der Waals surface area contributed by atoms with Gasteiger partial charge in [0.2, 0.25) is 5.82 Å². The summed E-state index contributed by atoms with van der Waals surface area (Å²) in [5, 5.41) is 9.63. The smallest absolute Gasteiger partial charge is 0.290 e. The summed E-state index contributed by atoms with van der Waals surface area (Å²) in [5.74, 6) is 1.06. The fourth-order valence-electron chi connectivity index (χ4n) is 2.40. The van der Waals surface area contributed by atoms with Gasteiger partial charge in [0.15, 0.2) is 0 Å². The van der Waals surface area contributed by atoms with Crippen LogP contribution < -0.4 is 5.32 Å². The van der Waals surface area contributed by atoms with Crippen molar-refractivity contribution in [1.82, 2.24) is 25.4 Å². The maximum atomic E-state index is 11.9. The molecule has 6 nitrogen and oxygen atoms in total. The van der Waals surface area contributed by atoms with Crippen LogP contribution in [0, 0.1) is 0 Å². The maximum Gasteiger partial charge on any atom is 0.290 e. The fourth-order valence-corrected chi connectivity index (χ4v) is 2.40. The van der Waals surface area contributed by atoms with Crippen molar-refractivity contribution in [2.45, 2.75) is 45.4 Å².